The Balaban J connectivity index is 2.37. The fourth-order valence-corrected chi connectivity index (χ4v) is 4.33. The standard InChI is InChI=1S/C17H18Cl2N2O4S/c1-3-21(4-2)26(24,25)12-6-8-16(22)15(10-12)20-17(23)13-7-5-11(18)9-14(13)19/h5-10,22H,3-4H2,1-2H3,(H,20,23). The first kappa shape index (κ1) is 20.5. The van der Waals surface area contributed by atoms with Gasteiger partial charge >= 0.3 is 0 Å². The summed E-state index contributed by atoms with van der Waals surface area (Å²) in [5, 5.41) is 13.0. The van der Waals surface area contributed by atoms with Crippen LogP contribution in [0.2, 0.25) is 10.0 Å². The van der Waals surface area contributed by atoms with Gasteiger partial charge in [-0.3, -0.25) is 4.79 Å². The third-order valence-electron chi connectivity index (χ3n) is 3.74. The van der Waals surface area contributed by atoms with Crippen molar-refractivity contribution in [3.8, 4) is 5.75 Å². The van der Waals surface area contributed by atoms with Crippen LogP contribution in [0.15, 0.2) is 41.3 Å². The average molecular weight is 417 g/mol. The van der Waals surface area contributed by atoms with Crippen molar-refractivity contribution < 1.29 is 18.3 Å². The van der Waals surface area contributed by atoms with Crippen molar-refractivity contribution in [2.24, 2.45) is 0 Å². The van der Waals surface area contributed by atoms with Gasteiger partial charge in [0.15, 0.2) is 0 Å². The van der Waals surface area contributed by atoms with Gasteiger partial charge in [-0.05, 0) is 36.4 Å². The number of benzene rings is 2. The molecule has 26 heavy (non-hydrogen) atoms. The Bertz CT molecular complexity index is 928. The number of aromatic hydroxyl groups is 1. The Labute approximate surface area is 162 Å². The van der Waals surface area contributed by atoms with Gasteiger partial charge in [0.1, 0.15) is 5.75 Å². The molecule has 0 aromatic heterocycles. The van der Waals surface area contributed by atoms with Gasteiger partial charge in [0.2, 0.25) is 10.0 Å². The first-order chi connectivity index (χ1) is 12.2. The number of halogens is 2. The van der Waals surface area contributed by atoms with E-state index < -0.39 is 15.9 Å². The molecule has 0 aliphatic carbocycles. The number of nitrogens with zero attached hydrogens (tertiary/aromatic N) is 1. The number of nitrogens with one attached hydrogen (secondary N) is 1. The number of anilines is 1. The molecular formula is C17H18Cl2N2O4S. The second kappa shape index (κ2) is 8.26. The van der Waals surface area contributed by atoms with Crippen molar-refractivity contribution in [2.45, 2.75) is 18.7 Å². The summed E-state index contributed by atoms with van der Waals surface area (Å²) >= 11 is 11.8. The molecule has 0 saturated carbocycles. The van der Waals surface area contributed by atoms with Gasteiger partial charge in [0, 0.05) is 18.1 Å². The molecule has 2 rings (SSSR count). The Hall–Kier alpha value is -1.80. The number of rotatable bonds is 6. The summed E-state index contributed by atoms with van der Waals surface area (Å²) in [6, 6.07) is 8.07. The zero-order valence-corrected chi connectivity index (χ0v) is 16.5. The van der Waals surface area contributed by atoms with Crippen LogP contribution in [0.5, 0.6) is 5.75 Å². The molecule has 140 valence electrons. The van der Waals surface area contributed by atoms with Gasteiger partial charge in [-0.25, -0.2) is 8.42 Å². The monoisotopic (exact) mass is 416 g/mol. The van der Waals surface area contributed by atoms with E-state index in [-0.39, 0.29) is 26.9 Å². The minimum Gasteiger partial charge on any atom is -0.506 e. The van der Waals surface area contributed by atoms with E-state index >= 15 is 0 Å². The molecule has 0 aliphatic rings. The molecule has 0 heterocycles. The smallest absolute Gasteiger partial charge is 0.257 e. The third kappa shape index (κ3) is 4.29. The number of amides is 1. The van der Waals surface area contributed by atoms with Crippen molar-refractivity contribution >= 4 is 44.8 Å². The van der Waals surface area contributed by atoms with Crippen molar-refractivity contribution in [3.63, 3.8) is 0 Å². The van der Waals surface area contributed by atoms with E-state index in [1.54, 1.807) is 13.8 Å². The van der Waals surface area contributed by atoms with Crippen molar-refractivity contribution in [1.29, 1.82) is 0 Å². The second-order valence-corrected chi connectivity index (χ2v) is 8.13. The first-order valence-corrected chi connectivity index (χ1v) is 9.99. The average Bonchev–Trinajstić information content (AvgIpc) is 2.57. The van der Waals surface area contributed by atoms with E-state index in [1.807, 2.05) is 0 Å². The van der Waals surface area contributed by atoms with Crippen molar-refractivity contribution in [2.75, 3.05) is 18.4 Å². The molecule has 1 amide bonds. The zero-order chi connectivity index (χ0) is 19.5. The summed E-state index contributed by atoms with van der Waals surface area (Å²) in [6.07, 6.45) is 0. The summed E-state index contributed by atoms with van der Waals surface area (Å²) in [7, 11) is -3.73. The number of hydrogen-bond donors (Lipinski definition) is 2. The van der Waals surface area contributed by atoms with Crippen LogP contribution < -0.4 is 5.32 Å². The lowest BCUT2D eigenvalue weighted by atomic mass is 10.2. The van der Waals surface area contributed by atoms with Gasteiger partial charge in [-0.1, -0.05) is 37.0 Å². The fourth-order valence-electron chi connectivity index (χ4n) is 2.35. The molecule has 0 bridgehead atoms. The lowest BCUT2D eigenvalue weighted by molar-refractivity contribution is 0.102. The van der Waals surface area contributed by atoms with E-state index in [9.17, 15) is 18.3 Å². The lowest BCUT2D eigenvalue weighted by Gasteiger charge is -2.19. The molecule has 0 atom stereocenters. The molecule has 0 spiro atoms. The molecule has 6 nitrogen and oxygen atoms in total. The number of hydrogen-bond acceptors (Lipinski definition) is 4. The van der Waals surface area contributed by atoms with E-state index in [0.717, 1.165) is 0 Å². The van der Waals surface area contributed by atoms with Crippen LogP contribution >= 0.6 is 23.2 Å². The number of sulfonamides is 1. The van der Waals surface area contributed by atoms with Crippen LogP contribution in [0.1, 0.15) is 24.2 Å². The molecule has 0 radical (unpaired) electrons. The molecule has 2 aromatic rings. The molecule has 0 fully saturated rings. The largest absolute Gasteiger partial charge is 0.506 e. The molecular weight excluding hydrogens is 399 g/mol. The molecule has 0 aliphatic heterocycles. The van der Waals surface area contributed by atoms with Gasteiger partial charge in [0.05, 0.1) is 21.2 Å². The van der Waals surface area contributed by atoms with Crippen LogP contribution in [0.4, 0.5) is 5.69 Å². The van der Waals surface area contributed by atoms with Crippen molar-refractivity contribution in [3.05, 3.63) is 52.0 Å². The lowest BCUT2D eigenvalue weighted by Crippen LogP contribution is -2.30. The van der Waals surface area contributed by atoms with E-state index in [2.05, 4.69) is 5.32 Å². The summed E-state index contributed by atoms with van der Waals surface area (Å²) in [5.41, 5.74) is 0.113. The first-order valence-electron chi connectivity index (χ1n) is 7.80. The number of carbonyl (C=O) groups is 1. The van der Waals surface area contributed by atoms with Crippen LogP contribution in [-0.4, -0.2) is 36.8 Å². The highest BCUT2D eigenvalue weighted by Crippen LogP contribution is 2.29. The van der Waals surface area contributed by atoms with Crippen molar-refractivity contribution in [1.82, 2.24) is 4.31 Å². The summed E-state index contributed by atoms with van der Waals surface area (Å²) < 4.78 is 26.5. The predicted octanol–water partition coefficient (Wildman–Crippen LogP) is 3.98. The van der Waals surface area contributed by atoms with E-state index in [0.29, 0.717) is 18.1 Å². The highest BCUT2D eigenvalue weighted by atomic mass is 35.5. The highest BCUT2D eigenvalue weighted by molar-refractivity contribution is 7.89. The summed E-state index contributed by atoms with van der Waals surface area (Å²) in [4.78, 5) is 12.4. The fraction of sp³-hybridized carbons (Fsp3) is 0.235. The maximum Gasteiger partial charge on any atom is 0.257 e. The predicted molar refractivity (Wildman–Crippen MR) is 103 cm³/mol. The Kier molecular flexibility index (Phi) is 6.52. The topological polar surface area (TPSA) is 86.7 Å². The maximum atomic E-state index is 12.6. The number of phenols is 1. The Morgan fingerprint density at radius 2 is 1.77 bits per heavy atom. The van der Waals surface area contributed by atoms with Gasteiger partial charge in [-0.2, -0.15) is 4.31 Å². The summed E-state index contributed by atoms with van der Waals surface area (Å²) in [6.45, 7) is 4.07. The molecule has 2 N–H and O–H groups in total. The minimum atomic E-state index is -3.73. The maximum absolute atomic E-state index is 12.6. The van der Waals surface area contributed by atoms with Crippen LogP contribution in [-0.2, 0) is 10.0 Å². The molecule has 9 heteroatoms. The van der Waals surface area contributed by atoms with Crippen LogP contribution in [0.25, 0.3) is 0 Å². The zero-order valence-electron chi connectivity index (χ0n) is 14.2. The minimum absolute atomic E-state index is 0.0310. The number of carbonyl (C=O) groups excluding carboxylic acids is 1. The molecule has 2 aromatic carbocycles. The van der Waals surface area contributed by atoms with Gasteiger partial charge in [0.25, 0.3) is 5.91 Å². The van der Waals surface area contributed by atoms with Crippen LogP contribution in [0.3, 0.4) is 0 Å². The normalized spacial score (nSPS) is 11.6. The Morgan fingerprint density at radius 1 is 1.12 bits per heavy atom. The number of phenolic OH excluding ortho intramolecular Hbond substituents is 1. The molecule has 0 unspecified atom stereocenters. The second-order valence-electron chi connectivity index (χ2n) is 5.35. The Morgan fingerprint density at radius 3 is 2.35 bits per heavy atom. The SMILES string of the molecule is CCN(CC)S(=O)(=O)c1ccc(O)c(NC(=O)c2ccc(Cl)cc2Cl)c1. The molecule has 0 saturated heterocycles. The quantitative estimate of drug-likeness (QED) is 0.697. The third-order valence-corrected chi connectivity index (χ3v) is 6.33. The van der Waals surface area contributed by atoms with Gasteiger partial charge < -0.3 is 10.4 Å². The van der Waals surface area contributed by atoms with E-state index in [4.69, 9.17) is 23.2 Å². The van der Waals surface area contributed by atoms with Crippen LogP contribution in [0, 0.1) is 0 Å². The summed E-state index contributed by atoms with van der Waals surface area (Å²) in [5.74, 6) is -0.860. The van der Waals surface area contributed by atoms with Gasteiger partial charge in [-0.15, -0.1) is 0 Å². The highest BCUT2D eigenvalue weighted by Gasteiger charge is 2.23. The van der Waals surface area contributed by atoms with E-state index in [1.165, 1.54) is 40.7 Å².